The van der Waals surface area contributed by atoms with Crippen LogP contribution in [0.5, 0.6) is 0 Å². The number of nitrogens with one attached hydrogen (secondary N) is 1. The van der Waals surface area contributed by atoms with Gasteiger partial charge in [0.1, 0.15) is 17.3 Å². The van der Waals surface area contributed by atoms with Crippen LogP contribution in [-0.4, -0.2) is 29.6 Å². The molecule has 0 aliphatic carbocycles. The molecule has 6 heteroatoms. The maximum Gasteiger partial charge on any atom is 0.238 e. The minimum atomic E-state index is -1.36. The van der Waals surface area contributed by atoms with Crippen molar-refractivity contribution in [2.24, 2.45) is 11.3 Å². The minimum absolute atomic E-state index is 0.125. The van der Waals surface area contributed by atoms with E-state index in [9.17, 15) is 18.8 Å². The summed E-state index contributed by atoms with van der Waals surface area (Å²) in [6.45, 7) is 7.52. The zero-order chi connectivity index (χ0) is 27.0. The molecule has 1 fully saturated rings. The third kappa shape index (κ3) is 3.19. The number of anilines is 2. The van der Waals surface area contributed by atoms with Crippen LogP contribution < -0.4 is 10.2 Å². The summed E-state index contributed by atoms with van der Waals surface area (Å²) < 4.78 is 13.8. The summed E-state index contributed by atoms with van der Waals surface area (Å²) in [5, 5.41) is 3.03. The molecular formula is C32H29FN2O3. The second-order valence-electron chi connectivity index (χ2n) is 11.5. The first-order valence-electron chi connectivity index (χ1n) is 12.9. The van der Waals surface area contributed by atoms with Crippen molar-refractivity contribution in [2.75, 3.05) is 10.2 Å². The Bertz CT molecular complexity index is 1530. The molecule has 6 rings (SSSR count). The molecule has 1 N–H and O–H groups in total. The van der Waals surface area contributed by atoms with Crippen molar-refractivity contribution >= 4 is 34.4 Å². The molecule has 0 radical (unpaired) electrons. The third-order valence-electron chi connectivity index (χ3n) is 8.30. The number of para-hydroxylation sites is 2. The van der Waals surface area contributed by atoms with Gasteiger partial charge in [0.05, 0.1) is 12.0 Å². The number of carbonyl (C=O) groups is 3. The summed E-state index contributed by atoms with van der Waals surface area (Å²) in [4.78, 5) is 45.2. The number of fused-ring (bicyclic) bond motifs is 6. The van der Waals surface area contributed by atoms with Crippen molar-refractivity contribution in [3.8, 4) is 0 Å². The third-order valence-corrected chi connectivity index (χ3v) is 8.30. The Morgan fingerprint density at radius 2 is 1.61 bits per heavy atom. The fraction of sp³-hybridized carbons (Fsp3) is 0.281. The second kappa shape index (κ2) is 8.22. The molecule has 3 aliphatic heterocycles. The number of hydrogen-bond donors (Lipinski definition) is 1. The van der Waals surface area contributed by atoms with Crippen LogP contribution in [0.4, 0.5) is 15.8 Å². The summed E-state index contributed by atoms with van der Waals surface area (Å²) in [5.74, 6) is -2.28. The molecule has 1 spiro atoms. The van der Waals surface area contributed by atoms with Crippen LogP contribution in [0.1, 0.15) is 49.2 Å². The van der Waals surface area contributed by atoms with Crippen molar-refractivity contribution in [1.82, 2.24) is 0 Å². The highest BCUT2D eigenvalue weighted by atomic mass is 19.1. The average molecular weight is 509 g/mol. The molecule has 3 aromatic carbocycles. The number of Topliss-reactive ketones (excluding diaryl/α,β-unsaturated/α-hetero) is 2. The SMILES string of the molecule is CC1=C[C@@H]2N(c3ccccc31)[C@H](C(=O)C(C)(C)C)[C@@H](C(=O)c1ccc(F)cc1)[C@]21C(=O)Nc2ccccc21. The highest BCUT2D eigenvalue weighted by molar-refractivity contribution is 6.17. The predicted molar refractivity (Wildman–Crippen MR) is 146 cm³/mol. The molecule has 1 amide bonds. The summed E-state index contributed by atoms with van der Waals surface area (Å²) >= 11 is 0. The number of amides is 1. The number of allylic oxidation sites excluding steroid dienone is 1. The number of benzene rings is 3. The highest BCUT2D eigenvalue weighted by Crippen LogP contribution is 2.59. The van der Waals surface area contributed by atoms with Gasteiger partial charge in [-0.05, 0) is 54.5 Å². The molecular weight excluding hydrogens is 479 g/mol. The number of ketones is 2. The van der Waals surface area contributed by atoms with Crippen molar-refractivity contribution < 1.29 is 18.8 Å². The Morgan fingerprint density at radius 1 is 0.947 bits per heavy atom. The lowest BCUT2D eigenvalue weighted by atomic mass is 9.63. The molecule has 1 saturated heterocycles. The summed E-state index contributed by atoms with van der Waals surface area (Å²) in [5.41, 5.74) is 2.24. The first-order valence-corrected chi connectivity index (χ1v) is 12.9. The quantitative estimate of drug-likeness (QED) is 0.454. The lowest BCUT2D eigenvalue weighted by Crippen LogP contribution is -2.51. The first-order chi connectivity index (χ1) is 18.1. The van der Waals surface area contributed by atoms with Crippen molar-refractivity contribution in [2.45, 2.75) is 45.2 Å². The van der Waals surface area contributed by atoms with Gasteiger partial charge in [-0.25, -0.2) is 4.39 Å². The van der Waals surface area contributed by atoms with Gasteiger partial charge in [-0.3, -0.25) is 14.4 Å². The zero-order valence-corrected chi connectivity index (χ0v) is 21.8. The van der Waals surface area contributed by atoms with Gasteiger partial charge in [0.2, 0.25) is 5.91 Å². The van der Waals surface area contributed by atoms with Gasteiger partial charge >= 0.3 is 0 Å². The number of halogens is 1. The van der Waals surface area contributed by atoms with Crippen molar-refractivity contribution in [3.63, 3.8) is 0 Å². The summed E-state index contributed by atoms with van der Waals surface area (Å²) in [6, 6.07) is 19.1. The average Bonchev–Trinajstić information content (AvgIpc) is 3.36. The molecule has 5 nitrogen and oxygen atoms in total. The van der Waals surface area contributed by atoms with Crippen LogP contribution in [0, 0.1) is 17.2 Å². The molecule has 3 aromatic rings. The van der Waals surface area contributed by atoms with E-state index in [-0.39, 0.29) is 23.0 Å². The molecule has 192 valence electrons. The normalized spacial score (nSPS) is 25.4. The maximum absolute atomic E-state index is 14.6. The van der Waals surface area contributed by atoms with E-state index in [0.29, 0.717) is 11.3 Å². The Morgan fingerprint density at radius 3 is 2.32 bits per heavy atom. The van der Waals surface area contributed by atoms with Gasteiger partial charge in [-0.2, -0.15) is 0 Å². The van der Waals surface area contributed by atoms with E-state index in [1.165, 1.54) is 24.3 Å². The monoisotopic (exact) mass is 508 g/mol. The van der Waals surface area contributed by atoms with Gasteiger partial charge in [0.25, 0.3) is 0 Å². The first kappa shape index (κ1) is 24.3. The molecule has 0 bridgehead atoms. The lowest BCUT2D eigenvalue weighted by molar-refractivity contribution is -0.128. The Kier molecular flexibility index (Phi) is 5.25. The van der Waals surface area contributed by atoms with Crippen molar-refractivity contribution in [1.29, 1.82) is 0 Å². The number of carbonyl (C=O) groups excluding carboxylic acids is 3. The van der Waals surface area contributed by atoms with E-state index in [2.05, 4.69) is 5.32 Å². The Balaban J connectivity index is 1.70. The molecule has 38 heavy (non-hydrogen) atoms. The topological polar surface area (TPSA) is 66.5 Å². The zero-order valence-electron chi connectivity index (χ0n) is 21.8. The van der Waals surface area contributed by atoms with Crippen LogP contribution in [-0.2, 0) is 15.0 Å². The maximum atomic E-state index is 14.6. The standard InChI is InChI=1S/C32H29FN2O3/c1-18-17-25-32(22-10-6-7-11-23(22)34-30(32)38)26(28(36)19-13-15-20(33)16-14-19)27(29(37)31(2,3)4)35(25)24-12-8-5-9-21(18)24/h5-17,25-27H,1-4H3,(H,34,38)/t25-,26-,27-,32+/m0/s1. The summed E-state index contributed by atoms with van der Waals surface area (Å²) in [6.07, 6.45) is 2.03. The van der Waals surface area contributed by atoms with Gasteiger partial charge in [0.15, 0.2) is 11.6 Å². The number of rotatable bonds is 3. The van der Waals surface area contributed by atoms with Gasteiger partial charge < -0.3 is 10.2 Å². The predicted octanol–water partition coefficient (Wildman–Crippen LogP) is 5.80. The Hall–Kier alpha value is -4.06. The van der Waals surface area contributed by atoms with Gasteiger partial charge in [-0.1, -0.05) is 63.2 Å². The van der Waals surface area contributed by atoms with Crippen LogP contribution in [0.2, 0.25) is 0 Å². The lowest BCUT2D eigenvalue weighted by Gasteiger charge is -2.39. The fourth-order valence-corrected chi connectivity index (χ4v) is 6.62. The van der Waals surface area contributed by atoms with Crippen LogP contribution in [0.25, 0.3) is 5.57 Å². The minimum Gasteiger partial charge on any atom is -0.352 e. The molecule has 3 aliphatic rings. The van der Waals surface area contributed by atoms with Gasteiger partial charge in [-0.15, -0.1) is 0 Å². The number of hydrogen-bond acceptors (Lipinski definition) is 4. The van der Waals surface area contributed by atoms with E-state index < -0.39 is 34.6 Å². The highest BCUT2D eigenvalue weighted by Gasteiger charge is 2.71. The molecule has 3 heterocycles. The molecule has 0 aromatic heterocycles. The van der Waals surface area contributed by atoms with E-state index in [1.54, 1.807) is 0 Å². The molecule has 0 saturated carbocycles. The molecule has 4 atom stereocenters. The van der Waals surface area contributed by atoms with E-state index in [4.69, 9.17) is 0 Å². The van der Waals surface area contributed by atoms with E-state index in [0.717, 1.165) is 16.8 Å². The fourth-order valence-electron chi connectivity index (χ4n) is 6.62. The van der Waals surface area contributed by atoms with Crippen LogP contribution >= 0.6 is 0 Å². The second-order valence-corrected chi connectivity index (χ2v) is 11.5. The van der Waals surface area contributed by atoms with Crippen molar-refractivity contribution in [3.05, 3.63) is 101 Å². The van der Waals surface area contributed by atoms with Crippen LogP contribution in [0.15, 0.2) is 78.9 Å². The van der Waals surface area contributed by atoms with E-state index >= 15 is 0 Å². The van der Waals surface area contributed by atoms with E-state index in [1.807, 2.05) is 87.2 Å². The van der Waals surface area contributed by atoms with Gasteiger partial charge in [0, 0.05) is 27.9 Å². The Labute approximate surface area is 221 Å². The van der Waals surface area contributed by atoms with Crippen LogP contribution in [0.3, 0.4) is 0 Å². The number of nitrogens with zero attached hydrogens (tertiary/aromatic N) is 1. The molecule has 0 unspecified atom stereocenters. The smallest absolute Gasteiger partial charge is 0.238 e. The largest absolute Gasteiger partial charge is 0.352 e. The summed E-state index contributed by atoms with van der Waals surface area (Å²) in [7, 11) is 0.